The lowest BCUT2D eigenvalue weighted by Crippen LogP contribution is -2.10. The normalized spacial score (nSPS) is 14.6. The van der Waals surface area contributed by atoms with Crippen molar-refractivity contribution in [2.45, 2.75) is 83.7 Å². The van der Waals surface area contributed by atoms with E-state index in [1.54, 1.807) is 18.2 Å². The maximum Gasteiger partial charge on any atom is 0.148 e. The molecule has 1 aliphatic carbocycles. The van der Waals surface area contributed by atoms with E-state index in [-0.39, 0.29) is 11.5 Å². The van der Waals surface area contributed by atoms with Crippen molar-refractivity contribution in [3.05, 3.63) is 30.1 Å². The second-order valence-electron chi connectivity index (χ2n) is 7.04. The number of para-hydroxylation sites is 1. The van der Waals surface area contributed by atoms with Crippen molar-refractivity contribution in [2.75, 3.05) is 0 Å². The molecule has 4 heteroatoms. The lowest BCUT2D eigenvalue weighted by atomic mass is 10.00. The third-order valence-corrected chi connectivity index (χ3v) is 4.76. The van der Waals surface area contributed by atoms with E-state index in [1.807, 2.05) is 0 Å². The number of aliphatic imine (C=N–C) groups is 1. The number of halogens is 1. The lowest BCUT2D eigenvalue weighted by molar-refractivity contribution is -0.107. The molecule has 0 aliphatic heterocycles. The van der Waals surface area contributed by atoms with Crippen molar-refractivity contribution in [3.8, 4) is 12.8 Å². The number of nitrogens with zero attached hydrogens (tertiary/aromatic N) is 1. The minimum Gasteiger partial charge on any atom is -0.387 e. The highest BCUT2D eigenvalue weighted by molar-refractivity contribution is 5.67. The van der Waals surface area contributed by atoms with Gasteiger partial charge < -0.3 is 9.90 Å². The number of carbonyl (C=O) groups is 1. The molecule has 28 heavy (non-hydrogen) atoms. The van der Waals surface area contributed by atoms with E-state index < -0.39 is 6.10 Å². The molecule has 1 N–H and O–H groups in total. The lowest BCUT2D eigenvalue weighted by Gasteiger charge is -2.10. The highest BCUT2D eigenvalue weighted by Crippen LogP contribution is 2.28. The average Bonchev–Trinajstić information content (AvgIpc) is 3.25. The number of aldehydes is 1. The molecule has 0 heterocycles. The SMILES string of the molecule is C#C.CCCCCCC=O.OC(C=Nc1ccccc1F)CCC1CCCC1. The maximum atomic E-state index is 13.3. The van der Waals surface area contributed by atoms with Gasteiger partial charge in [-0.2, -0.15) is 0 Å². The Morgan fingerprint density at radius 3 is 2.50 bits per heavy atom. The zero-order valence-corrected chi connectivity index (χ0v) is 17.2. The van der Waals surface area contributed by atoms with Crippen LogP contribution in [0.2, 0.25) is 0 Å². The summed E-state index contributed by atoms with van der Waals surface area (Å²) < 4.78 is 13.3. The van der Waals surface area contributed by atoms with E-state index in [4.69, 9.17) is 0 Å². The molecule has 2 rings (SSSR count). The van der Waals surface area contributed by atoms with Crippen LogP contribution in [0, 0.1) is 24.6 Å². The number of unbranched alkanes of at least 4 members (excludes halogenated alkanes) is 4. The van der Waals surface area contributed by atoms with Gasteiger partial charge in [-0.05, 0) is 37.3 Å². The van der Waals surface area contributed by atoms with Crippen molar-refractivity contribution >= 4 is 18.2 Å². The molecule has 1 aromatic rings. The van der Waals surface area contributed by atoms with E-state index in [9.17, 15) is 14.3 Å². The van der Waals surface area contributed by atoms with Crippen LogP contribution in [-0.2, 0) is 4.79 Å². The van der Waals surface area contributed by atoms with E-state index in [1.165, 1.54) is 57.2 Å². The number of hydrogen-bond acceptors (Lipinski definition) is 3. The number of benzene rings is 1. The molecular formula is C24H36FNO2. The molecule has 156 valence electrons. The van der Waals surface area contributed by atoms with Crippen LogP contribution in [0.15, 0.2) is 29.3 Å². The van der Waals surface area contributed by atoms with Crippen LogP contribution < -0.4 is 0 Å². The van der Waals surface area contributed by atoms with Gasteiger partial charge in [-0.1, -0.05) is 64.0 Å². The monoisotopic (exact) mass is 389 g/mol. The molecule has 1 atom stereocenters. The van der Waals surface area contributed by atoms with E-state index in [2.05, 4.69) is 24.8 Å². The number of rotatable bonds is 10. The first-order chi connectivity index (χ1) is 13.7. The van der Waals surface area contributed by atoms with Gasteiger partial charge in [-0.25, -0.2) is 4.39 Å². The Morgan fingerprint density at radius 2 is 1.89 bits per heavy atom. The Labute approximate surface area is 170 Å². The van der Waals surface area contributed by atoms with Crippen LogP contribution in [0.1, 0.15) is 77.6 Å². The smallest absolute Gasteiger partial charge is 0.148 e. The molecule has 1 fully saturated rings. The molecule has 1 saturated carbocycles. The number of aliphatic hydroxyl groups excluding tert-OH is 1. The zero-order valence-electron chi connectivity index (χ0n) is 17.2. The van der Waals surface area contributed by atoms with Crippen molar-refractivity contribution in [1.29, 1.82) is 0 Å². The van der Waals surface area contributed by atoms with Gasteiger partial charge in [0.15, 0.2) is 0 Å². The van der Waals surface area contributed by atoms with E-state index in [0.717, 1.165) is 37.9 Å². The van der Waals surface area contributed by atoms with Crippen LogP contribution in [0.3, 0.4) is 0 Å². The van der Waals surface area contributed by atoms with Gasteiger partial charge in [-0.15, -0.1) is 12.8 Å². The van der Waals surface area contributed by atoms with E-state index in [0.29, 0.717) is 0 Å². The van der Waals surface area contributed by atoms with Gasteiger partial charge in [0.1, 0.15) is 12.1 Å². The Hall–Kier alpha value is -1.99. The van der Waals surface area contributed by atoms with Gasteiger partial charge >= 0.3 is 0 Å². The van der Waals surface area contributed by atoms with Gasteiger partial charge in [-0.3, -0.25) is 4.99 Å². The van der Waals surface area contributed by atoms with Crippen molar-refractivity contribution in [2.24, 2.45) is 10.9 Å². The fraction of sp³-hybridized carbons (Fsp3) is 0.583. The Kier molecular flexibility index (Phi) is 17.1. The van der Waals surface area contributed by atoms with Crippen molar-refractivity contribution < 1.29 is 14.3 Å². The fourth-order valence-corrected chi connectivity index (χ4v) is 3.16. The summed E-state index contributed by atoms with van der Waals surface area (Å²) in [5.74, 6) is 0.415. The minimum absolute atomic E-state index is 0.289. The predicted octanol–water partition coefficient (Wildman–Crippen LogP) is 6.26. The average molecular weight is 390 g/mol. The van der Waals surface area contributed by atoms with Crippen LogP contribution in [-0.4, -0.2) is 23.7 Å². The number of hydrogen-bond donors (Lipinski definition) is 1. The molecular weight excluding hydrogens is 353 g/mol. The number of terminal acetylenes is 1. The second kappa shape index (κ2) is 18.4. The summed E-state index contributed by atoms with van der Waals surface area (Å²) in [6.45, 7) is 2.17. The quantitative estimate of drug-likeness (QED) is 0.222. The van der Waals surface area contributed by atoms with Crippen LogP contribution in [0.5, 0.6) is 0 Å². The summed E-state index contributed by atoms with van der Waals surface area (Å²) >= 11 is 0. The van der Waals surface area contributed by atoms with Gasteiger partial charge in [0.25, 0.3) is 0 Å². The summed E-state index contributed by atoms with van der Waals surface area (Å²) in [5, 5.41) is 9.79. The van der Waals surface area contributed by atoms with Gasteiger partial charge in [0, 0.05) is 12.6 Å². The Morgan fingerprint density at radius 1 is 1.21 bits per heavy atom. The topological polar surface area (TPSA) is 49.7 Å². The number of aliphatic hydroxyl groups is 1. The van der Waals surface area contributed by atoms with Crippen LogP contribution >= 0.6 is 0 Å². The summed E-state index contributed by atoms with van der Waals surface area (Å²) in [6.07, 6.45) is 22.4. The van der Waals surface area contributed by atoms with E-state index >= 15 is 0 Å². The molecule has 0 saturated heterocycles. The minimum atomic E-state index is -0.565. The molecule has 1 aliphatic rings. The fourth-order valence-electron chi connectivity index (χ4n) is 3.16. The Bertz CT molecular complexity index is 551. The van der Waals surface area contributed by atoms with Crippen LogP contribution in [0.4, 0.5) is 10.1 Å². The third-order valence-electron chi connectivity index (χ3n) is 4.76. The molecule has 0 amide bonds. The maximum absolute atomic E-state index is 13.3. The molecule has 1 unspecified atom stereocenters. The summed E-state index contributed by atoms with van der Waals surface area (Å²) in [7, 11) is 0. The first kappa shape index (κ1) is 26.0. The molecule has 0 spiro atoms. The van der Waals surface area contributed by atoms with Crippen LogP contribution in [0.25, 0.3) is 0 Å². The van der Waals surface area contributed by atoms with Crippen molar-refractivity contribution in [1.82, 2.24) is 0 Å². The zero-order chi connectivity index (χ0) is 21.0. The summed E-state index contributed by atoms with van der Waals surface area (Å²) in [6, 6.07) is 6.35. The second-order valence-corrected chi connectivity index (χ2v) is 7.04. The van der Waals surface area contributed by atoms with Gasteiger partial charge in [0.2, 0.25) is 0 Å². The highest BCUT2D eigenvalue weighted by Gasteiger charge is 2.15. The Balaban J connectivity index is 0.000000618. The van der Waals surface area contributed by atoms with Gasteiger partial charge in [0.05, 0.1) is 11.8 Å². The molecule has 0 aromatic heterocycles. The first-order valence-corrected chi connectivity index (χ1v) is 10.4. The summed E-state index contributed by atoms with van der Waals surface area (Å²) in [4.78, 5) is 13.8. The summed E-state index contributed by atoms with van der Waals surface area (Å²) in [5.41, 5.74) is 0.289. The number of carbonyl (C=O) groups excluding carboxylic acids is 1. The molecule has 0 bridgehead atoms. The molecule has 3 nitrogen and oxygen atoms in total. The standard InChI is InChI=1S/C15H20FNO.C7H14O.C2H2/c16-14-7-3-4-8-15(14)17-11-13(18)10-9-12-5-1-2-6-12;1-2-3-4-5-6-7-8;1-2/h3-4,7-8,11-13,18H,1-2,5-6,9-10H2;7H,2-6H2,1H3;1-2H. The van der Waals surface area contributed by atoms with Crippen molar-refractivity contribution in [3.63, 3.8) is 0 Å². The first-order valence-electron chi connectivity index (χ1n) is 10.4. The molecule has 0 radical (unpaired) electrons. The molecule has 1 aromatic carbocycles. The highest BCUT2D eigenvalue weighted by atomic mass is 19.1. The largest absolute Gasteiger partial charge is 0.387 e. The predicted molar refractivity (Wildman–Crippen MR) is 116 cm³/mol. The third kappa shape index (κ3) is 13.2.